The van der Waals surface area contributed by atoms with Crippen LogP contribution in [0.5, 0.6) is 5.75 Å². The zero-order valence-electron chi connectivity index (χ0n) is 13.2. The minimum absolute atomic E-state index is 0.00599. The second-order valence-electron chi connectivity index (χ2n) is 5.72. The van der Waals surface area contributed by atoms with Crippen LogP contribution in [-0.4, -0.2) is 29.9 Å². The summed E-state index contributed by atoms with van der Waals surface area (Å²) in [4.78, 5) is 11.9. The molecule has 3 N–H and O–H groups in total. The largest absolute Gasteiger partial charge is 0.490 e. The summed E-state index contributed by atoms with van der Waals surface area (Å²) in [5.74, 6) is 0.856. The number of aliphatic hydroxyl groups excluding tert-OH is 1. The molecule has 5 nitrogen and oxygen atoms in total. The van der Waals surface area contributed by atoms with Crippen molar-refractivity contribution in [3.8, 4) is 5.75 Å². The molecule has 2 amide bonds. The van der Waals surface area contributed by atoms with Crippen LogP contribution < -0.4 is 15.4 Å². The molecule has 1 aromatic rings. The smallest absolute Gasteiger partial charge is 0.315 e. The molecule has 1 atom stereocenters. The summed E-state index contributed by atoms with van der Waals surface area (Å²) < 4.78 is 5.95. The van der Waals surface area contributed by atoms with E-state index in [1.54, 1.807) is 0 Å². The number of para-hydroxylation sites is 1. The third-order valence-corrected chi connectivity index (χ3v) is 4.06. The molecule has 1 aromatic carbocycles. The zero-order valence-corrected chi connectivity index (χ0v) is 13.2. The molecule has 0 aliphatic heterocycles. The number of hydrogen-bond acceptors (Lipinski definition) is 3. The number of nitrogens with one attached hydrogen (secondary N) is 2. The summed E-state index contributed by atoms with van der Waals surface area (Å²) in [6, 6.07) is 7.62. The highest BCUT2D eigenvalue weighted by Gasteiger charge is 2.20. The van der Waals surface area contributed by atoms with Crippen LogP contribution in [0.25, 0.3) is 0 Å². The zero-order chi connectivity index (χ0) is 15.8. The molecule has 1 unspecified atom stereocenters. The Morgan fingerprint density at radius 3 is 2.82 bits per heavy atom. The van der Waals surface area contributed by atoms with Gasteiger partial charge >= 0.3 is 6.03 Å². The Hall–Kier alpha value is -1.75. The number of benzene rings is 1. The van der Waals surface area contributed by atoms with Crippen molar-refractivity contribution in [1.29, 1.82) is 0 Å². The average Bonchev–Trinajstić information content (AvgIpc) is 2.49. The molecular weight excluding hydrogens is 280 g/mol. The Morgan fingerprint density at radius 1 is 1.41 bits per heavy atom. The maximum absolute atomic E-state index is 11.9. The van der Waals surface area contributed by atoms with Gasteiger partial charge in [0.2, 0.25) is 0 Å². The van der Waals surface area contributed by atoms with E-state index in [4.69, 9.17) is 9.84 Å². The van der Waals surface area contributed by atoms with Gasteiger partial charge in [-0.3, -0.25) is 0 Å². The Kier molecular flexibility index (Phi) is 6.52. The number of rotatable bonds is 8. The maximum atomic E-state index is 11.9. The topological polar surface area (TPSA) is 70.6 Å². The number of carbonyl (C=O) groups excluding carboxylic acids is 1. The molecule has 122 valence electrons. The van der Waals surface area contributed by atoms with Crippen molar-refractivity contribution >= 4 is 6.03 Å². The first-order valence-electron chi connectivity index (χ1n) is 8.12. The van der Waals surface area contributed by atoms with Crippen LogP contribution in [0.4, 0.5) is 4.79 Å². The average molecular weight is 306 g/mol. The summed E-state index contributed by atoms with van der Waals surface area (Å²) in [7, 11) is 0. The summed E-state index contributed by atoms with van der Waals surface area (Å²) in [5, 5.41) is 14.7. The van der Waals surface area contributed by atoms with Gasteiger partial charge in [-0.1, -0.05) is 25.1 Å². The molecular formula is C17H26N2O3. The fourth-order valence-corrected chi connectivity index (χ4v) is 2.38. The summed E-state index contributed by atoms with van der Waals surface area (Å²) in [6.07, 6.45) is 5.16. The molecule has 1 aliphatic rings. The minimum atomic E-state index is -0.209. The minimum Gasteiger partial charge on any atom is -0.490 e. The molecule has 0 aromatic heterocycles. The monoisotopic (exact) mass is 306 g/mol. The van der Waals surface area contributed by atoms with Crippen LogP contribution in [-0.2, 0) is 6.54 Å². The molecule has 0 bridgehead atoms. The van der Waals surface area contributed by atoms with Crippen molar-refractivity contribution < 1.29 is 14.6 Å². The van der Waals surface area contributed by atoms with E-state index in [9.17, 15) is 4.79 Å². The van der Waals surface area contributed by atoms with Crippen molar-refractivity contribution in [2.75, 3.05) is 6.61 Å². The van der Waals surface area contributed by atoms with Crippen molar-refractivity contribution in [2.45, 2.75) is 57.7 Å². The van der Waals surface area contributed by atoms with Gasteiger partial charge in [0.25, 0.3) is 0 Å². The van der Waals surface area contributed by atoms with E-state index in [-0.39, 0.29) is 18.7 Å². The van der Waals surface area contributed by atoms with Crippen LogP contribution in [0, 0.1) is 0 Å². The van der Waals surface area contributed by atoms with Crippen molar-refractivity contribution in [1.82, 2.24) is 10.6 Å². The van der Waals surface area contributed by atoms with Crippen molar-refractivity contribution in [3.05, 3.63) is 29.8 Å². The summed E-state index contributed by atoms with van der Waals surface area (Å²) >= 11 is 0. The van der Waals surface area contributed by atoms with Crippen LogP contribution in [0.1, 0.15) is 44.6 Å². The summed E-state index contributed by atoms with van der Waals surface area (Å²) in [5.41, 5.74) is 0.986. The van der Waals surface area contributed by atoms with E-state index < -0.39 is 0 Å². The lowest BCUT2D eigenvalue weighted by Gasteiger charge is -2.27. The lowest BCUT2D eigenvalue weighted by atomic mass is 9.96. The lowest BCUT2D eigenvalue weighted by Crippen LogP contribution is -2.42. The van der Waals surface area contributed by atoms with Crippen LogP contribution >= 0.6 is 0 Å². The Labute approximate surface area is 132 Å². The first-order valence-corrected chi connectivity index (χ1v) is 8.12. The van der Waals surface area contributed by atoms with Crippen LogP contribution in [0.15, 0.2) is 24.3 Å². The molecule has 22 heavy (non-hydrogen) atoms. The number of ether oxygens (including phenoxy) is 1. The highest BCUT2D eigenvalue weighted by atomic mass is 16.5. The van der Waals surface area contributed by atoms with Gasteiger partial charge in [0, 0.05) is 24.8 Å². The fraction of sp³-hybridized carbons (Fsp3) is 0.588. The highest BCUT2D eigenvalue weighted by molar-refractivity contribution is 5.74. The second kappa shape index (κ2) is 8.63. The third kappa shape index (κ3) is 4.91. The predicted octanol–water partition coefficient (Wildman–Crippen LogP) is 2.58. The molecule has 0 heterocycles. The molecule has 2 rings (SSSR count). The van der Waals surface area contributed by atoms with Gasteiger partial charge in [0.15, 0.2) is 0 Å². The number of hydrogen-bond donors (Lipinski definition) is 3. The van der Waals surface area contributed by atoms with Crippen LogP contribution in [0.2, 0.25) is 0 Å². The molecule has 1 fully saturated rings. The van der Waals surface area contributed by atoms with E-state index in [1.165, 1.54) is 6.42 Å². The van der Waals surface area contributed by atoms with E-state index >= 15 is 0 Å². The molecule has 0 radical (unpaired) electrons. The molecule has 5 heteroatoms. The maximum Gasteiger partial charge on any atom is 0.315 e. The molecule has 1 aliphatic carbocycles. The van der Waals surface area contributed by atoms with Gasteiger partial charge in [-0.15, -0.1) is 0 Å². The number of amides is 2. The number of carbonyl (C=O) groups is 1. The van der Waals surface area contributed by atoms with Crippen LogP contribution in [0.3, 0.4) is 0 Å². The van der Waals surface area contributed by atoms with Crippen molar-refractivity contribution in [2.24, 2.45) is 0 Å². The van der Waals surface area contributed by atoms with Gasteiger partial charge in [0.1, 0.15) is 5.75 Å². The Bertz CT molecular complexity index is 475. The van der Waals surface area contributed by atoms with E-state index in [2.05, 4.69) is 10.6 Å². The normalized spacial score (nSPS) is 15.7. The third-order valence-electron chi connectivity index (χ3n) is 4.06. The standard InChI is InChI=1S/C17H26N2O3/c1-2-14(10-11-20)19-17(21)18-12-13-6-3-4-9-16(13)22-15-7-5-8-15/h3-4,6,9,14-15,20H,2,5,7-8,10-12H2,1H3,(H2,18,19,21). The number of urea groups is 1. The quantitative estimate of drug-likeness (QED) is 0.691. The van der Waals surface area contributed by atoms with Crippen molar-refractivity contribution in [3.63, 3.8) is 0 Å². The lowest BCUT2D eigenvalue weighted by molar-refractivity contribution is 0.119. The highest BCUT2D eigenvalue weighted by Crippen LogP contribution is 2.27. The van der Waals surface area contributed by atoms with Gasteiger partial charge in [-0.25, -0.2) is 4.79 Å². The van der Waals surface area contributed by atoms with E-state index in [0.29, 0.717) is 19.1 Å². The SMILES string of the molecule is CCC(CCO)NC(=O)NCc1ccccc1OC1CCC1. The van der Waals surface area contributed by atoms with E-state index in [1.807, 2.05) is 31.2 Å². The van der Waals surface area contributed by atoms with Gasteiger partial charge < -0.3 is 20.5 Å². The molecule has 0 spiro atoms. The first-order chi connectivity index (χ1) is 10.7. The summed E-state index contributed by atoms with van der Waals surface area (Å²) in [6.45, 7) is 2.50. The van der Waals surface area contributed by atoms with E-state index in [0.717, 1.165) is 30.6 Å². The second-order valence-corrected chi connectivity index (χ2v) is 5.72. The van der Waals surface area contributed by atoms with Gasteiger partial charge in [-0.2, -0.15) is 0 Å². The predicted molar refractivity (Wildman–Crippen MR) is 85.9 cm³/mol. The fourth-order valence-electron chi connectivity index (χ4n) is 2.38. The Balaban J connectivity index is 1.83. The van der Waals surface area contributed by atoms with Gasteiger partial charge in [-0.05, 0) is 38.2 Å². The first kappa shape index (κ1) is 16.6. The van der Waals surface area contributed by atoms with Gasteiger partial charge in [0.05, 0.1) is 6.10 Å². The molecule has 0 saturated heterocycles. The Morgan fingerprint density at radius 2 is 2.18 bits per heavy atom. The molecule has 1 saturated carbocycles. The number of aliphatic hydroxyl groups is 1.